The van der Waals surface area contributed by atoms with Gasteiger partial charge in [0.25, 0.3) is 0 Å². The first-order chi connectivity index (χ1) is 7.22. The molecule has 0 aromatic heterocycles. The standard InChI is InChI=1S/C12H15NO2/c1-10(15)4-2-5-11-6-3-7-12(8-11)13-9-14/h3,6-9H,2,4-5H2,1H3,(H,13,14). The van der Waals surface area contributed by atoms with Crippen molar-refractivity contribution in [3.05, 3.63) is 29.8 Å². The molecule has 0 unspecified atom stereocenters. The zero-order valence-electron chi connectivity index (χ0n) is 8.82. The van der Waals surface area contributed by atoms with Gasteiger partial charge in [-0.3, -0.25) is 4.79 Å². The van der Waals surface area contributed by atoms with Gasteiger partial charge in [-0.15, -0.1) is 0 Å². The molecule has 80 valence electrons. The van der Waals surface area contributed by atoms with Crippen molar-refractivity contribution in [2.45, 2.75) is 26.2 Å². The topological polar surface area (TPSA) is 46.2 Å². The quantitative estimate of drug-likeness (QED) is 0.723. The van der Waals surface area contributed by atoms with Crippen LogP contribution in [0.4, 0.5) is 5.69 Å². The maximum Gasteiger partial charge on any atom is 0.211 e. The molecule has 0 radical (unpaired) electrons. The van der Waals surface area contributed by atoms with Gasteiger partial charge in [0.1, 0.15) is 5.78 Å². The van der Waals surface area contributed by atoms with E-state index in [2.05, 4.69) is 5.32 Å². The second-order valence-electron chi connectivity index (χ2n) is 3.52. The van der Waals surface area contributed by atoms with Gasteiger partial charge in [-0.25, -0.2) is 0 Å². The first-order valence-electron chi connectivity index (χ1n) is 5.01. The lowest BCUT2D eigenvalue weighted by atomic mass is 10.1. The molecule has 0 fully saturated rings. The number of aryl methyl sites for hydroxylation is 1. The van der Waals surface area contributed by atoms with Crippen LogP contribution < -0.4 is 5.32 Å². The van der Waals surface area contributed by atoms with Crippen LogP contribution in [0.25, 0.3) is 0 Å². The fourth-order valence-electron chi connectivity index (χ4n) is 1.43. The molecule has 3 nitrogen and oxygen atoms in total. The fraction of sp³-hybridized carbons (Fsp3) is 0.333. The second kappa shape index (κ2) is 5.96. The van der Waals surface area contributed by atoms with Gasteiger partial charge >= 0.3 is 0 Å². The molecule has 0 aliphatic carbocycles. The highest BCUT2D eigenvalue weighted by atomic mass is 16.1. The number of anilines is 1. The number of amides is 1. The number of benzene rings is 1. The van der Waals surface area contributed by atoms with E-state index in [0.717, 1.165) is 24.1 Å². The molecule has 1 amide bonds. The van der Waals surface area contributed by atoms with Crippen LogP contribution in [0, 0.1) is 0 Å². The molecule has 0 heterocycles. The molecular formula is C12H15NO2. The van der Waals surface area contributed by atoms with Crippen molar-refractivity contribution >= 4 is 17.9 Å². The Hall–Kier alpha value is -1.64. The average Bonchev–Trinajstić information content (AvgIpc) is 2.18. The Morgan fingerprint density at radius 2 is 2.27 bits per heavy atom. The van der Waals surface area contributed by atoms with Gasteiger partial charge in [0.15, 0.2) is 0 Å². The molecule has 0 spiro atoms. The number of Topliss-reactive ketones (excluding diaryl/α,β-unsaturated/α-hetero) is 1. The van der Waals surface area contributed by atoms with E-state index in [1.807, 2.05) is 24.3 Å². The number of hydrogen-bond donors (Lipinski definition) is 1. The molecule has 0 saturated carbocycles. The van der Waals surface area contributed by atoms with Crippen molar-refractivity contribution in [2.24, 2.45) is 0 Å². The minimum atomic E-state index is 0.220. The van der Waals surface area contributed by atoms with E-state index in [9.17, 15) is 9.59 Å². The van der Waals surface area contributed by atoms with E-state index in [1.54, 1.807) is 6.92 Å². The van der Waals surface area contributed by atoms with E-state index in [4.69, 9.17) is 0 Å². The maximum absolute atomic E-state index is 10.7. The van der Waals surface area contributed by atoms with Crippen LogP contribution in [-0.4, -0.2) is 12.2 Å². The molecule has 1 aromatic rings. The lowest BCUT2D eigenvalue weighted by molar-refractivity contribution is -0.117. The van der Waals surface area contributed by atoms with E-state index in [0.29, 0.717) is 12.8 Å². The summed E-state index contributed by atoms with van der Waals surface area (Å²) in [6.45, 7) is 1.60. The smallest absolute Gasteiger partial charge is 0.211 e. The predicted molar refractivity (Wildman–Crippen MR) is 59.7 cm³/mol. The van der Waals surface area contributed by atoms with Crippen molar-refractivity contribution < 1.29 is 9.59 Å². The number of ketones is 1. The molecular weight excluding hydrogens is 190 g/mol. The number of carbonyl (C=O) groups excluding carboxylic acids is 2. The molecule has 3 heteroatoms. The number of hydrogen-bond acceptors (Lipinski definition) is 2. The molecule has 15 heavy (non-hydrogen) atoms. The first-order valence-corrected chi connectivity index (χ1v) is 5.01. The second-order valence-corrected chi connectivity index (χ2v) is 3.52. The Morgan fingerprint density at radius 1 is 1.47 bits per heavy atom. The highest BCUT2D eigenvalue weighted by molar-refractivity contribution is 5.75. The number of nitrogens with one attached hydrogen (secondary N) is 1. The number of carbonyl (C=O) groups is 2. The Labute approximate surface area is 89.5 Å². The van der Waals surface area contributed by atoms with Crippen LogP contribution in [0.15, 0.2) is 24.3 Å². The summed E-state index contributed by atoms with van der Waals surface area (Å²) in [4.78, 5) is 21.0. The van der Waals surface area contributed by atoms with Crippen LogP contribution in [0.3, 0.4) is 0 Å². The molecule has 0 saturated heterocycles. The largest absolute Gasteiger partial charge is 0.329 e. The predicted octanol–water partition coefficient (Wildman–Crippen LogP) is 2.17. The third-order valence-electron chi connectivity index (χ3n) is 2.15. The van der Waals surface area contributed by atoms with Gasteiger partial charge < -0.3 is 10.1 Å². The summed E-state index contributed by atoms with van der Waals surface area (Å²) >= 11 is 0. The zero-order valence-corrected chi connectivity index (χ0v) is 8.82. The van der Waals surface area contributed by atoms with Crippen LogP contribution in [0.2, 0.25) is 0 Å². The minimum Gasteiger partial charge on any atom is -0.329 e. The lowest BCUT2D eigenvalue weighted by Crippen LogP contribution is -1.96. The molecule has 0 atom stereocenters. The summed E-state index contributed by atoms with van der Waals surface area (Å²) in [5, 5.41) is 2.60. The minimum absolute atomic E-state index is 0.220. The van der Waals surface area contributed by atoms with Gasteiger partial charge in [-0.1, -0.05) is 12.1 Å². The zero-order chi connectivity index (χ0) is 11.1. The molecule has 1 rings (SSSR count). The van der Waals surface area contributed by atoms with Crippen LogP contribution in [0.1, 0.15) is 25.3 Å². The fourth-order valence-corrected chi connectivity index (χ4v) is 1.43. The number of rotatable bonds is 6. The summed E-state index contributed by atoms with van der Waals surface area (Å²) < 4.78 is 0. The van der Waals surface area contributed by atoms with Crippen LogP contribution >= 0.6 is 0 Å². The maximum atomic E-state index is 10.7. The molecule has 1 N–H and O–H groups in total. The third-order valence-corrected chi connectivity index (χ3v) is 2.15. The molecule has 0 aliphatic heterocycles. The summed E-state index contributed by atoms with van der Waals surface area (Å²) in [6.07, 6.45) is 3.01. The highest BCUT2D eigenvalue weighted by Crippen LogP contribution is 2.12. The summed E-state index contributed by atoms with van der Waals surface area (Å²) in [7, 11) is 0. The van der Waals surface area contributed by atoms with Crippen LogP contribution in [0.5, 0.6) is 0 Å². The van der Waals surface area contributed by atoms with Gasteiger partial charge in [0, 0.05) is 12.1 Å². The molecule has 0 bridgehead atoms. The molecule has 1 aromatic carbocycles. The Bertz CT molecular complexity index is 347. The van der Waals surface area contributed by atoms with Gasteiger partial charge in [0.05, 0.1) is 0 Å². The summed E-state index contributed by atoms with van der Waals surface area (Å²) in [5.74, 6) is 0.220. The Morgan fingerprint density at radius 3 is 2.93 bits per heavy atom. The van der Waals surface area contributed by atoms with Crippen molar-refractivity contribution in [3.63, 3.8) is 0 Å². The highest BCUT2D eigenvalue weighted by Gasteiger charge is 1.97. The monoisotopic (exact) mass is 205 g/mol. The van der Waals surface area contributed by atoms with Gasteiger partial charge in [0.2, 0.25) is 6.41 Å². The van der Waals surface area contributed by atoms with E-state index in [1.165, 1.54) is 0 Å². The third kappa shape index (κ3) is 4.40. The van der Waals surface area contributed by atoms with Gasteiger partial charge in [-0.2, -0.15) is 0 Å². The lowest BCUT2D eigenvalue weighted by Gasteiger charge is -2.03. The van der Waals surface area contributed by atoms with E-state index in [-0.39, 0.29) is 5.78 Å². The van der Waals surface area contributed by atoms with Crippen molar-refractivity contribution in [1.29, 1.82) is 0 Å². The van der Waals surface area contributed by atoms with Crippen molar-refractivity contribution in [3.8, 4) is 0 Å². The molecule has 0 aliphatic rings. The summed E-state index contributed by atoms with van der Waals surface area (Å²) in [6, 6.07) is 7.66. The summed E-state index contributed by atoms with van der Waals surface area (Å²) in [5.41, 5.74) is 1.94. The van der Waals surface area contributed by atoms with Crippen molar-refractivity contribution in [2.75, 3.05) is 5.32 Å². The first kappa shape index (κ1) is 11.4. The van der Waals surface area contributed by atoms with Gasteiger partial charge in [-0.05, 0) is 37.5 Å². The van der Waals surface area contributed by atoms with Crippen LogP contribution in [-0.2, 0) is 16.0 Å². The van der Waals surface area contributed by atoms with E-state index >= 15 is 0 Å². The van der Waals surface area contributed by atoms with E-state index < -0.39 is 0 Å². The average molecular weight is 205 g/mol. The normalized spacial score (nSPS) is 9.67. The Kier molecular flexibility index (Phi) is 4.54. The Balaban J connectivity index is 2.49. The van der Waals surface area contributed by atoms with Crippen molar-refractivity contribution in [1.82, 2.24) is 0 Å². The SMILES string of the molecule is CC(=O)CCCc1cccc(NC=O)c1.